The SMILES string of the molecule is COC(=O)C1CN(C(=O)c2cccc(Br)c2)CC1C. The van der Waals surface area contributed by atoms with E-state index >= 15 is 0 Å². The fourth-order valence-corrected chi connectivity index (χ4v) is 2.79. The number of methoxy groups -OCH3 is 1. The molecule has 0 bridgehead atoms. The molecule has 0 aromatic heterocycles. The zero-order valence-corrected chi connectivity index (χ0v) is 12.5. The number of nitrogens with zero attached hydrogens (tertiary/aromatic N) is 1. The van der Waals surface area contributed by atoms with Crippen LogP contribution in [0.25, 0.3) is 0 Å². The quantitative estimate of drug-likeness (QED) is 0.784. The molecule has 1 aliphatic rings. The summed E-state index contributed by atoms with van der Waals surface area (Å²) in [6.07, 6.45) is 0. The second-order valence-electron chi connectivity index (χ2n) is 4.83. The molecule has 1 amide bonds. The van der Waals surface area contributed by atoms with Crippen molar-refractivity contribution in [1.82, 2.24) is 4.90 Å². The molecule has 0 saturated carbocycles. The molecule has 0 aliphatic carbocycles. The Hall–Kier alpha value is -1.36. The second kappa shape index (κ2) is 5.74. The lowest BCUT2D eigenvalue weighted by Gasteiger charge is -2.16. The Morgan fingerprint density at radius 1 is 1.37 bits per heavy atom. The average Bonchev–Trinajstić information content (AvgIpc) is 2.79. The Labute approximate surface area is 120 Å². The summed E-state index contributed by atoms with van der Waals surface area (Å²) in [4.78, 5) is 25.7. The number of benzene rings is 1. The van der Waals surface area contributed by atoms with Gasteiger partial charge in [0.1, 0.15) is 0 Å². The van der Waals surface area contributed by atoms with Crippen molar-refractivity contribution in [2.24, 2.45) is 11.8 Å². The third kappa shape index (κ3) is 2.97. The zero-order valence-electron chi connectivity index (χ0n) is 10.9. The number of carbonyl (C=O) groups is 2. The number of carbonyl (C=O) groups excluding carboxylic acids is 2. The maximum Gasteiger partial charge on any atom is 0.310 e. The highest BCUT2D eigenvalue weighted by Gasteiger charge is 2.37. The first-order valence-corrected chi connectivity index (χ1v) is 6.95. The maximum absolute atomic E-state index is 12.4. The minimum Gasteiger partial charge on any atom is -0.469 e. The van der Waals surface area contributed by atoms with E-state index in [1.54, 1.807) is 17.0 Å². The first-order chi connectivity index (χ1) is 9.02. The van der Waals surface area contributed by atoms with Gasteiger partial charge in [-0.1, -0.05) is 28.9 Å². The summed E-state index contributed by atoms with van der Waals surface area (Å²) in [5.74, 6) is -0.374. The van der Waals surface area contributed by atoms with Gasteiger partial charge in [-0.2, -0.15) is 0 Å². The van der Waals surface area contributed by atoms with Gasteiger partial charge in [-0.15, -0.1) is 0 Å². The van der Waals surface area contributed by atoms with E-state index in [4.69, 9.17) is 4.74 Å². The van der Waals surface area contributed by atoms with E-state index in [1.165, 1.54) is 7.11 Å². The van der Waals surface area contributed by atoms with Gasteiger partial charge in [0.15, 0.2) is 0 Å². The van der Waals surface area contributed by atoms with E-state index in [9.17, 15) is 9.59 Å². The standard InChI is InChI=1S/C14H16BrNO3/c1-9-7-16(8-12(9)14(18)19-2)13(17)10-4-3-5-11(15)6-10/h3-6,9,12H,7-8H2,1-2H3. The monoisotopic (exact) mass is 325 g/mol. The van der Waals surface area contributed by atoms with Crippen molar-refractivity contribution in [3.63, 3.8) is 0 Å². The highest BCUT2D eigenvalue weighted by atomic mass is 79.9. The molecule has 0 N–H and O–H groups in total. The summed E-state index contributed by atoms with van der Waals surface area (Å²) in [6, 6.07) is 7.27. The minimum absolute atomic E-state index is 0.0421. The van der Waals surface area contributed by atoms with Gasteiger partial charge in [-0.05, 0) is 24.1 Å². The normalized spacial score (nSPS) is 22.4. The molecule has 2 unspecified atom stereocenters. The van der Waals surface area contributed by atoms with E-state index in [1.807, 2.05) is 19.1 Å². The van der Waals surface area contributed by atoms with E-state index in [-0.39, 0.29) is 23.7 Å². The zero-order chi connectivity index (χ0) is 14.0. The van der Waals surface area contributed by atoms with Crippen molar-refractivity contribution in [2.75, 3.05) is 20.2 Å². The van der Waals surface area contributed by atoms with E-state index in [0.717, 1.165) is 4.47 Å². The van der Waals surface area contributed by atoms with Gasteiger partial charge in [0.05, 0.1) is 13.0 Å². The molecule has 2 rings (SSSR count). The third-order valence-corrected chi connectivity index (χ3v) is 3.97. The lowest BCUT2D eigenvalue weighted by atomic mass is 9.99. The van der Waals surface area contributed by atoms with E-state index in [0.29, 0.717) is 18.7 Å². The molecule has 102 valence electrons. The fourth-order valence-electron chi connectivity index (χ4n) is 2.39. The summed E-state index contributed by atoms with van der Waals surface area (Å²) in [5.41, 5.74) is 0.632. The van der Waals surface area contributed by atoms with E-state index < -0.39 is 0 Å². The van der Waals surface area contributed by atoms with Crippen LogP contribution in [0, 0.1) is 11.8 Å². The Kier molecular flexibility index (Phi) is 4.24. The topological polar surface area (TPSA) is 46.6 Å². The number of esters is 1. The number of hydrogen-bond donors (Lipinski definition) is 0. The molecule has 4 nitrogen and oxygen atoms in total. The minimum atomic E-state index is -0.239. The highest BCUT2D eigenvalue weighted by molar-refractivity contribution is 9.10. The molecule has 1 heterocycles. The Bertz CT molecular complexity index is 503. The third-order valence-electron chi connectivity index (χ3n) is 3.48. The molecule has 2 atom stereocenters. The van der Waals surface area contributed by atoms with Crippen LogP contribution in [0.1, 0.15) is 17.3 Å². The van der Waals surface area contributed by atoms with Crippen LogP contribution in [0.4, 0.5) is 0 Å². The molecule has 1 aromatic carbocycles. The van der Waals surface area contributed by atoms with Crippen LogP contribution in [0.5, 0.6) is 0 Å². The molecule has 19 heavy (non-hydrogen) atoms. The molecule has 0 radical (unpaired) electrons. The van der Waals surface area contributed by atoms with Gasteiger partial charge in [0, 0.05) is 23.1 Å². The largest absolute Gasteiger partial charge is 0.469 e. The number of ether oxygens (including phenoxy) is 1. The van der Waals surface area contributed by atoms with E-state index in [2.05, 4.69) is 15.9 Å². The Balaban J connectivity index is 2.12. The van der Waals surface area contributed by atoms with Crippen LogP contribution in [-0.2, 0) is 9.53 Å². The number of likely N-dealkylation sites (tertiary alicyclic amines) is 1. The lowest BCUT2D eigenvalue weighted by Crippen LogP contribution is -2.30. The Morgan fingerprint density at radius 3 is 2.74 bits per heavy atom. The number of amides is 1. The maximum atomic E-state index is 12.4. The van der Waals surface area contributed by atoms with Crippen molar-refractivity contribution in [1.29, 1.82) is 0 Å². The van der Waals surface area contributed by atoms with Crippen molar-refractivity contribution in [3.05, 3.63) is 34.3 Å². The Morgan fingerprint density at radius 2 is 2.11 bits per heavy atom. The highest BCUT2D eigenvalue weighted by Crippen LogP contribution is 2.26. The van der Waals surface area contributed by atoms with Crippen molar-refractivity contribution < 1.29 is 14.3 Å². The summed E-state index contributed by atoms with van der Waals surface area (Å²) >= 11 is 3.35. The molecular formula is C14H16BrNO3. The van der Waals surface area contributed by atoms with Gasteiger partial charge in [0.25, 0.3) is 5.91 Å². The second-order valence-corrected chi connectivity index (χ2v) is 5.74. The van der Waals surface area contributed by atoms with Gasteiger partial charge in [-0.3, -0.25) is 9.59 Å². The molecule has 5 heteroatoms. The summed E-state index contributed by atoms with van der Waals surface area (Å²) in [7, 11) is 1.38. The van der Waals surface area contributed by atoms with Gasteiger partial charge >= 0.3 is 5.97 Å². The molecule has 0 spiro atoms. The molecular weight excluding hydrogens is 310 g/mol. The summed E-state index contributed by atoms with van der Waals surface area (Å²) in [5, 5.41) is 0. The van der Waals surface area contributed by atoms with Crippen molar-refractivity contribution in [2.45, 2.75) is 6.92 Å². The van der Waals surface area contributed by atoms with Crippen LogP contribution in [0.3, 0.4) is 0 Å². The average molecular weight is 326 g/mol. The molecule has 1 fully saturated rings. The van der Waals surface area contributed by atoms with Crippen LogP contribution in [-0.4, -0.2) is 37.0 Å². The first kappa shape index (κ1) is 14.1. The molecule has 1 saturated heterocycles. The predicted octanol–water partition coefficient (Wildman–Crippen LogP) is 2.33. The van der Waals surface area contributed by atoms with Gasteiger partial charge in [-0.25, -0.2) is 0 Å². The van der Waals surface area contributed by atoms with Gasteiger partial charge < -0.3 is 9.64 Å². The first-order valence-electron chi connectivity index (χ1n) is 6.15. The number of halogens is 1. The molecule has 1 aliphatic heterocycles. The van der Waals surface area contributed by atoms with Crippen LogP contribution in [0.15, 0.2) is 28.7 Å². The molecule has 1 aromatic rings. The van der Waals surface area contributed by atoms with Gasteiger partial charge in [0.2, 0.25) is 0 Å². The fraction of sp³-hybridized carbons (Fsp3) is 0.429. The summed E-state index contributed by atoms with van der Waals surface area (Å²) < 4.78 is 5.64. The van der Waals surface area contributed by atoms with Crippen LogP contribution in [0.2, 0.25) is 0 Å². The number of hydrogen-bond acceptors (Lipinski definition) is 3. The smallest absolute Gasteiger partial charge is 0.310 e. The van der Waals surface area contributed by atoms with Crippen LogP contribution < -0.4 is 0 Å². The van der Waals surface area contributed by atoms with Crippen molar-refractivity contribution >= 4 is 27.8 Å². The summed E-state index contributed by atoms with van der Waals surface area (Å²) in [6.45, 7) is 2.99. The number of rotatable bonds is 2. The van der Waals surface area contributed by atoms with Crippen molar-refractivity contribution in [3.8, 4) is 0 Å². The van der Waals surface area contributed by atoms with Crippen LogP contribution >= 0.6 is 15.9 Å². The lowest BCUT2D eigenvalue weighted by molar-refractivity contribution is -0.146. The predicted molar refractivity (Wildman–Crippen MR) is 74.7 cm³/mol.